The molecule has 3 unspecified atom stereocenters. The van der Waals surface area contributed by atoms with Crippen molar-refractivity contribution in [1.82, 2.24) is 29.4 Å². The maximum Gasteiger partial charge on any atom is 0.241 e. The molecule has 52 heavy (non-hydrogen) atoms. The summed E-state index contributed by atoms with van der Waals surface area (Å²) < 4.78 is 4.15. The van der Waals surface area contributed by atoms with E-state index < -0.39 is 12.1 Å². The standard InChI is InChI=1S/C40H54N8O2S2/c1-3-5-9-19-35-37-25-33(29-15-11-7-12-16-29)43-47(37)23-21-45(35)39(49)31(41)27-51-52-28-32(42)40(50)46-22-24-48-38(36(46)20-10-6-4-2)26-34(44-48)30-17-13-8-14-18-30/h7-8,11-18,25-26,31-32,35-36H,3-6,9-10,19-24,27-28,41-42H2,1-2H3/t31-,32?,35?,36?/m0/s1. The molecule has 0 saturated carbocycles. The van der Waals surface area contributed by atoms with Crippen LogP contribution in [0.3, 0.4) is 0 Å². The molecule has 278 valence electrons. The summed E-state index contributed by atoms with van der Waals surface area (Å²) in [6, 6.07) is 23.3. The van der Waals surface area contributed by atoms with E-state index in [2.05, 4.69) is 59.6 Å². The van der Waals surface area contributed by atoms with Crippen molar-refractivity contribution < 1.29 is 9.59 Å². The first-order valence-corrected chi connectivity index (χ1v) is 21.5. The van der Waals surface area contributed by atoms with Crippen molar-refractivity contribution in [3.8, 4) is 22.5 Å². The zero-order valence-electron chi connectivity index (χ0n) is 30.6. The Balaban J connectivity index is 1.04. The maximum absolute atomic E-state index is 13.9. The highest BCUT2D eigenvalue weighted by molar-refractivity contribution is 8.76. The largest absolute Gasteiger partial charge is 0.331 e. The van der Waals surface area contributed by atoms with Crippen LogP contribution in [0, 0.1) is 0 Å². The Bertz CT molecular complexity index is 1620. The minimum absolute atomic E-state index is 0.0293. The lowest BCUT2D eigenvalue weighted by atomic mass is 10.00. The molecular weight excluding hydrogens is 689 g/mol. The van der Waals surface area contributed by atoms with Crippen LogP contribution in [0.1, 0.15) is 88.7 Å². The first-order valence-electron chi connectivity index (χ1n) is 19.0. The zero-order chi connectivity index (χ0) is 36.5. The fourth-order valence-corrected chi connectivity index (χ4v) is 9.64. The van der Waals surface area contributed by atoms with E-state index in [1.54, 1.807) is 0 Å². The Morgan fingerprint density at radius 2 is 1.06 bits per heavy atom. The summed E-state index contributed by atoms with van der Waals surface area (Å²) in [6.45, 7) is 6.86. The zero-order valence-corrected chi connectivity index (χ0v) is 32.2. The first-order chi connectivity index (χ1) is 25.4. The highest BCUT2D eigenvalue weighted by atomic mass is 33.1. The number of fused-ring (bicyclic) bond motifs is 2. The number of unbranched alkanes of at least 4 members (excludes halogenated alkanes) is 4. The molecule has 2 aliphatic heterocycles. The van der Waals surface area contributed by atoms with E-state index >= 15 is 0 Å². The van der Waals surface area contributed by atoms with Gasteiger partial charge in [0.15, 0.2) is 0 Å². The van der Waals surface area contributed by atoms with Crippen molar-refractivity contribution in [3.63, 3.8) is 0 Å². The third-order valence-corrected chi connectivity index (χ3v) is 12.7. The number of nitrogens with two attached hydrogens (primary N) is 2. The number of benzene rings is 2. The Morgan fingerprint density at radius 1 is 0.654 bits per heavy atom. The lowest BCUT2D eigenvalue weighted by Gasteiger charge is -2.38. The van der Waals surface area contributed by atoms with Gasteiger partial charge in [0.05, 0.1) is 60.0 Å². The second-order valence-corrected chi connectivity index (χ2v) is 16.5. The normalized spacial score (nSPS) is 18.2. The minimum atomic E-state index is -0.648. The second-order valence-electron chi connectivity index (χ2n) is 14.0. The molecule has 0 saturated heterocycles. The van der Waals surface area contributed by atoms with E-state index in [-0.39, 0.29) is 23.9 Å². The Morgan fingerprint density at radius 3 is 1.44 bits per heavy atom. The van der Waals surface area contributed by atoms with Crippen LogP contribution in [0.4, 0.5) is 0 Å². The molecule has 2 aliphatic rings. The van der Waals surface area contributed by atoms with Crippen LogP contribution in [-0.4, -0.2) is 77.9 Å². The molecular formula is C40H54N8O2S2. The number of hydrogen-bond donors (Lipinski definition) is 2. The van der Waals surface area contributed by atoms with Crippen LogP contribution in [0.15, 0.2) is 72.8 Å². The first kappa shape index (κ1) is 38.2. The molecule has 0 bridgehead atoms. The van der Waals surface area contributed by atoms with Gasteiger partial charge in [-0.05, 0) is 25.0 Å². The van der Waals surface area contributed by atoms with Gasteiger partial charge in [0, 0.05) is 35.7 Å². The van der Waals surface area contributed by atoms with Crippen molar-refractivity contribution in [1.29, 1.82) is 0 Å². The number of carbonyl (C=O) groups is 2. The van der Waals surface area contributed by atoms with Gasteiger partial charge in [-0.25, -0.2) is 0 Å². The topological polar surface area (TPSA) is 128 Å². The quantitative estimate of drug-likeness (QED) is 0.0869. The predicted molar refractivity (Wildman–Crippen MR) is 213 cm³/mol. The monoisotopic (exact) mass is 742 g/mol. The smallest absolute Gasteiger partial charge is 0.241 e. The molecule has 0 spiro atoms. The average Bonchev–Trinajstić information content (AvgIpc) is 3.82. The molecule has 2 amide bonds. The van der Waals surface area contributed by atoms with Gasteiger partial charge in [-0.2, -0.15) is 10.2 Å². The lowest BCUT2D eigenvalue weighted by Crippen LogP contribution is -2.50. The van der Waals surface area contributed by atoms with Gasteiger partial charge in [0.2, 0.25) is 11.8 Å². The van der Waals surface area contributed by atoms with Crippen LogP contribution < -0.4 is 11.5 Å². The number of amides is 2. The van der Waals surface area contributed by atoms with Gasteiger partial charge in [-0.3, -0.25) is 19.0 Å². The third kappa shape index (κ3) is 8.95. The van der Waals surface area contributed by atoms with E-state index in [4.69, 9.17) is 21.7 Å². The summed E-state index contributed by atoms with van der Waals surface area (Å²) in [5.74, 6) is 0.834. The van der Waals surface area contributed by atoms with Crippen molar-refractivity contribution in [2.24, 2.45) is 11.5 Å². The molecule has 6 rings (SSSR count). The molecule has 10 nitrogen and oxygen atoms in total. The van der Waals surface area contributed by atoms with Crippen molar-refractivity contribution in [2.75, 3.05) is 24.6 Å². The van der Waals surface area contributed by atoms with Gasteiger partial charge in [-0.1, -0.05) is 135 Å². The fourth-order valence-electron chi connectivity index (χ4n) is 7.41. The second kappa shape index (κ2) is 18.4. The lowest BCUT2D eigenvalue weighted by molar-refractivity contribution is -0.136. The third-order valence-electron chi connectivity index (χ3n) is 10.2. The van der Waals surface area contributed by atoms with Crippen LogP contribution >= 0.6 is 21.6 Å². The number of hydrogen-bond acceptors (Lipinski definition) is 8. The molecule has 12 heteroatoms. The van der Waals surface area contributed by atoms with E-state index in [9.17, 15) is 9.59 Å². The Labute approximate surface area is 316 Å². The summed E-state index contributed by atoms with van der Waals surface area (Å²) in [4.78, 5) is 31.7. The van der Waals surface area contributed by atoms with Gasteiger partial charge >= 0.3 is 0 Å². The van der Waals surface area contributed by atoms with Crippen LogP contribution in [0.5, 0.6) is 0 Å². The van der Waals surface area contributed by atoms with Gasteiger partial charge in [0.1, 0.15) is 0 Å². The highest BCUT2D eigenvalue weighted by Crippen LogP contribution is 2.36. The summed E-state index contributed by atoms with van der Waals surface area (Å²) >= 11 is 0. The Hall–Kier alpha value is -3.58. The summed E-state index contributed by atoms with van der Waals surface area (Å²) in [5, 5.41) is 9.81. The number of aromatic nitrogens is 4. The molecule has 2 aromatic carbocycles. The van der Waals surface area contributed by atoms with Crippen molar-refractivity contribution in [2.45, 2.75) is 102 Å². The minimum Gasteiger partial charge on any atom is -0.331 e. The number of nitrogens with zero attached hydrogens (tertiary/aromatic N) is 6. The average molecular weight is 743 g/mol. The molecule has 2 aromatic heterocycles. The van der Waals surface area contributed by atoms with Gasteiger partial charge in [-0.15, -0.1) is 0 Å². The van der Waals surface area contributed by atoms with Crippen molar-refractivity contribution >= 4 is 33.4 Å². The molecule has 4 aromatic rings. The predicted octanol–water partition coefficient (Wildman–Crippen LogP) is 7.08. The van der Waals surface area contributed by atoms with E-state index in [1.807, 2.05) is 46.2 Å². The van der Waals surface area contributed by atoms with E-state index in [0.29, 0.717) is 37.7 Å². The van der Waals surface area contributed by atoms with Crippen LogP contribution in [-0.2, 0) is 22.7 Å². The summed E-state index contributed by atoms with van der Waals surface area (Å²) in [7, 11) is 3.05. The van der Waals surface area contributed by atoms with E-state index in [0.717, 1.165) is 85.3 Å². The van der Waals surface area contributed by atoms with Crippen LogP contribution in [0.25, 0.3) is 22.5 Å². The fraction of sp³-hybridized carbons (Fsp3) is 0.500. The van der Waals surface area contributed by atoms with Gasteiger partial charge in [0.25, 0.3) is 0 Å². The Kier molecular flexibility index (Phi) is 13.5. The highest BCUT2D eigenvalue weighted by Gasteiger charge is 2.36. The molecule has 0 radical (unpaired) electrons. The molecule has 0 fully saturated rings. The molecule has 4 N–H and O–H groups in total. The molecule has 4 heterocycles. The summed E-state index contributed by atoms with van der Waals surface area (Å²) in [6.07, 6.45) is 8.31. The van der Waals surface area contributed by atoms with Gasteiger partial charge < -0.3 is 21.3 Å². The molecule has 4 atom stereocenters. The van der Waals surface area contributed by atoms with E-state index in [1.165, 1.54) is 21.6 Å². The number of carbonyl (C=O) groups excluding carboxylic acids is 2. The maximum atomic E-state index is 13.9. The SMILES string of the molecule is CCCCCC1c2cc(-c3ccccc3)nn2CCN1C(=O)C(N)CSSC[C@H](N)C(=O)N1CCn2nc(-c3ccccc3)cc2C1CCCCC. The summed E-state index contributed by atoms with van der Waals surface area (Å²) in [5.41, 5.74) is 19.3. The number of rotatable bonds is 17. The molecule has 0 aliphatic carbocycles. The van der Waals surface area contributed by atoms with Crippen LogP contribution in [0.2, 0.25) is 0 Å². The van der Waals surface area contributed by atoms with Crippen molar-refractivity contribution in [3.05, 3.63) is 84.2 Å².